The van der Waals surface area contributed by atoms with Gasteiger partial charge in [0.25, 0.3) is 5.56 Å². The molecule has 25 heavy (non-hydrogen) atoms. The predicted octanol–water partition coefficient (Wildman–Crippen LogP) is 3.13. The minimum Gasteiger partial charge on any atom is -0.465 e. The van der Waals surface area contributed by atoms with Gasteiger partial charge in [-0.1, -0.05) is 55.4 Å². The summed E-state index contributed by atoms with van der Waals surface area (Å²) < 4.78 is 5.17. The van der Waals surface area contributed by atoms with Crippen molar-refractivity contribution in [1.82, 2.24) is 9.97 Å². The molecular weight excluding hydrogens is 338 g/mol. The molecule has 1 aromatic carbocycles. The normalized spacial score (nSPS) is 11.6. The highest BCUT2D eigenvalue weighted by Crippen LogP contribution is 2.24. The molecule has 0 saturated carbocycles. The Morgan fingerprint density at radius 2 is 2.12 bits per heavy atom. The highest BCUT2D eigenvalue weighted by atomic mass is 32.2. The lowest BCUT2D eigenvalue weighted by molar-refractivity contribution is -0.142. The number of rotatable bonds is 7. The van der Waals surface area contributed by atoms with E-state index in [1.165, 1.54) is 0 Å². The van der Waals surface area contributed by atoms with E-state index in [0.717, 1.165) is 24.6 Å². The van der Waals surface area contributed by atoms with Crippen LogP contribution in [0.3, 0.4) is 0 Å². The summed E-state index contributed by atoms with van der Waals surface area (Å²) in [5, 5.41) is 9.01. The molecular formula is C18H19N3O3S. The molecule has 2 aromatic rings. The number of esters is 1. The zero-order valence-electron chi connectivity index (χ0n) is 14.1. The lowest BCUT2D eigenvalue weighted by Crippen LogP contribution is -2.20. The summed E-state index contributed by atoms with van der Waals surface area (Å²) in [6, 6.07) is 10.9. The highest BCUT2D eigenvalue weighted by Gasteiger charge is 2.19. The SMILES string of the molecule is CCCCOC(=O)C(C)Sc1nc(-c2ccccc2)c(C#N)c(=O)[nH]1. The summed E-state index contributed by atoms with van der Waals surface area (Å²) in [6.07, 6.45) is 1.76. The third kappa shape index (κ3) is 4.94. The average Bonchev–Trinajstić information content (AvgIpc) is 2.62. The molecule has 1 aromatic heterocycles. The fraction of sp³-hybridized carbons (Fsp3) is 0.333. The molecule has 6 nitrogen and oxygen atoms in total. The Labute approximate surface area is 150 Å². The van der Waals surface area contributed by atoms with Gasteiger partial charge in [0.1, 0.15) is 16.9 Å². The highest BCUT2D eigenvalue weighted by molar-refractivity contribution is 8.00. The molecule has 0 aliphatic carbocycles. The van der Waals surface area contributed by atoms with Crippen LogP contribution < -0.4 is 5.56 Å². The summed E-state index contributed by atoms with van der Waals surface area (Å²) in [6.45, 7) is 4.09. The minimum atomic E-state index is -0.523. The third-order valence-corrected chi connectivity index (χ3v) is 4.38. The van der Waals surface area contributed by atoms with E-state index in [1.807, 2.05) is 19.1 Å². The zero-order valence-corrected chi connectivity index (χ0v) is 14.9. The smallest absolute Gasteiger partial charge is 0.319 e. The molecule has 0 spiro atoms. The maximum atomic E-state index is 12.2. The molecule has 130 valence electrons. The Balaban J connectivity index is 2.25. The number of unbranched alkanes of at least 4 members (excludes halogenated alkanes) is 1. The Morgan fingerprint density at radius 3 is 2.76 bits per heavy atom. The quantitative estimate of drug-likeness (QED) is 0.354. The largest absolute Gasteiger partial charge is 0.465 e. The first-order chi connectivity index (χ1) is 12.1. The topological polar surface area (TPSA) is 95.8 Å². The third-order valence-electron chi connectivity index (χ3n) is 3.42. The number of hydrogen-bond donors (Lipinski definition) is 1. The number of nitriles is 1. The molecule has 1 heterocycles. The number of nitrogens with one attached hydrogen (secondary N) is 1. The van der Waals surface area contributed by atoms with Crippen molar-refractivity contribution in [3.05, 3.63) is 46.2 Å². The molecule has 0 aliphatic heterocycles. The van der Waals surface area contributed by atoms with Gasteiger partial charge in [0, 0.05) is 5.56 Å². The molecule has 0 fully saturated rings. The maximum Gasteiger partial charge on any atom is 0.319 e. The van der Waals surface area contributed by atoms with Gasteiger partial charge in [0.2, 0.25) is 0 Å². The summed E-state index contributed by atoms with van der Waals surface area (Å²) >= 11 is 1.10. The zero-order chi connectivity index (χ0) is 18.2. The summed E-state index contributed by atoms with van der Waals surface area (Å²) in [5.41, 5.74) is 0.408. The second kappa shape index (κ2) is 9.04. The van der Waals surface area contributed by atoms with Crippen molar-refractivity contribution in [2.75, 3.05) is 6.61 Å². The second-order valence-electron chi connectivity index (χ2n) is 5.35. The van der Waals surface area contributed by atoms with Gasteiger partial charge in [-0.2, -0.15) is 5.26 Å². The van der Waals surface area contributed by atoms with Crippen LogP contribution >= 0.6 is 11.8 Å². The van der Waals surface area contributed by atoms with Gasteiger partial charge in [0.05, 0.1) is 12.3 Å². The number of benzene rings is 1. The van der Waals surface area contributed by atoms with Crippen LogP contribution in [0.25, 0.3) is 11.3 Å². The number of nitrogens with zero attached hydrogens (tertiary/aromatic N) is 2. The van der Waals surface area contributed by atoms with Crippen LogP contribution in [0.5, 0.6) is 0 Å². The fourth-order valence-electron chi connectivity index (χ4n) is 2.07. The van der Waals surface area contributed by atoms with Crippen molar-refractivity contribution in [2.24, 2.45) is 0 Å². The van der Waals surface area contributed by atoms with Crippen LogP contribution in [-0.4, -0.2) is 27.8 Å². The van der Waals surface area contributed by atoms with Crippen molar-refractivity contribution in [2.45, 2.75) is 37.1 Å². The van der Waals surface area contributed by atoms with Crippen molar-refractivity contribution in [3.63, 3.8) is 0 Å². The van der Waals surface area contributed by atoms with Crippen molar-refractivity contribution in [1.29, 1.82) is 5.26 Å². The van der Waals surface area contributed by atoms with Gasteiger partial charge in [-0.25, -0.2) is 4.98 Å². The first-order valence-corrected chi connectivity index (χ1v) is 8.88. The van der Waals surface area contributed by atoms with Crippen LogP contribution in [0.2, 0.25) is 0 Å². The van der Waals surface area contributed by atoms with E-state index in [1.54, 1.807) is 31.2 Å². The molecule has 0 bridgehead atoms. The number of aromatic amines is 1. The van der Waals surface area contributed by atoms with Crippen LogP contribution in [0.1, 0.15) is 32.3 Å². The van der Waals surface area contributed by atoms with Crippen LogP contribution in [0.4, 0.5) is 0 Å². The summed E-state index contributed by atoms with van der Waals surface area (Å²) in [4.78, 5) is 31.1. The van der Waals surface area contributed by atoms with Gasteiger partial charge in [-0.05, 0) is 13.3 Å². The Kier molecular flexibility index (Phi) is 6.78. The molecule has 1 atom stereocenters. The van der Waals surface area contributed by atoms with Gasteiger partial charge in [-0.3, -0.25) is 9.59 Å². The average molecular weight is 357 g/mol. The number of carbonyl (C=O) groups is 1. The fourth-order valence-corrected chi connectivity index (χ4v) is 2.86. The van der Waals surface area contributed by atoms with Gasteiger partial charge >= 0.3 is 5.97 Å². The van der Waals surface area contributed by atoms with E-state index < -0.39 is 10.8 Å². The number of ether oxygens (including phenoxy) is 1. The van der Waals surface area contributed by atoms with E-state index >= 15 is 0 Å². The van der Waals surface area contributed by atoms with Crippen molar-refractivity contribution >= 4 is 17.7 Å². The van der Waals surface area contributed by atoms with Crippen LogP contribution in [0.15, 0.2) is 40.3 Å². The number of H-pyrrole nitrogens is 1. The van der Waals surface area contributed by atoms with Crippen molar-refractivity contribution in [3.8, 4) is 17.3 Å². The Morgan fingerprint density at radius 1 is 1.40 bits per heavy atom. The van der Waals surface area contributed by atoms with Gasteiger partial charge < -0.3 is 9.72 Å². The molecule has 0 radical (unpaired) electrons. The van der Waals surface area contributed by atoms with E-state index in [9.17, 15) is 14.9 Å². The molecule has 1 unspecified atom stereocenters. The van der Waals surface area contributed by atoms with Crippen LogP contribution in [-0.2, 0) is 9.53 Å². The molecule has 0 aliphatic rings. The molecule has 0 amide bonds. The van der Waals surface area contributed by atoms with Crippen molar-refractivity contribution < 1.29 is 9.53 Å². The van der Waals surface area contributed by atoms with Gasteiger partial charge in [-0.15, -0.1) is 0 Å². The summed E-state index contributed by atoms with van der Waals surface area (Å²) in [5.74, 6) is -0.355. The second-order valence-corrected chi connectivity index (χ2v) is 6.68. The maximum absolute atomic E-state index is 12.2. The minimum absolute atomic E-state index is 0.0475. The molecule has 7 heteroatoms. The lowest BCUT2D eigenvalue weighted by atomic mass is 10.1. The van der Waals surface area contributed by atoms with E-state index in [4.69, 9.17) is 4.74 Å². The van der Waals surface area contributed by atoms with E-state index in [2.05, 4.69) is 9.97 Å². The predicted molar refractivity (Wildman–Crippen MR) is 96.2 cm³/mol. The number of thioether (sulfide) groups is 1. The number of hydrogen-bond acceptors (Lipinski definition) is 6. The van der Waals surface area contributed by atoms with E-state index in [0.29, 0.717) is 17.9 Å². The first kappa shape index (κ1) is 18.7. The molecule has 0 saturated heterocycles. The van der Waals surface area contributed by atoms with Gasteiger partial charge in [0.15, 0.2) is 5.16 Å². The summed E-state index contributed by atoms with van der Waals surface area (Å²) in [7, 11) is 0. The van der Waals surface area contributed by atoms with E-state index in [-0.39, 0.29) is 16.7 Å². The Hall–Kier alpha value is -2.59. The Bertz CT molecular complexity index is 828. The number of carbonyl (C=O) groups excluding carboxylic acids is 1. The lowest BCUT2D eigenvalue weighted by Gasteiger charge is -2.11. The standard InChI is InChI=1S/C18H19N3O3S/c1-3-4-10-24-17(23)12(2)25-18-20-15(13-8-6-5-7-9-13)14(11-19)16(22)21-18/h5-9,12H,3-4,10H2,1-2H3,(H,20,21,22). The number of aromatic nitrogens is 2. The monoisotopic (exact) mass is 357 g/mol. The molecule has 2 rings (SSSR count). The molecule has 1 N–H and O–H groups in total. The van der Waals surface area contributed by atoms with Crippen LogP contribution in [0, 0.1) is 11.3 Å². The first-order valence-electron chi connectivity index (χ1n) is 8.00.